The Bertz CT molecular complexity index is 891. The van der Waals surface area contributed by atoms with Crippen LogP contribution < -0.4 is 5.32 Å². The Balaban J connectivity index is 1.99. The molecule has 130 valence electrons. The maximum Gasteiger partial charge on any atom is 0.294 e. The van der Waals surface area contributed by atoms with Crippen LogP contribution in [0.1, 0.15) is 17.0 Å². The molecule has 1 amide bonds. The van der Waals surface area contributed by atoms with Gasteiger partial charge in [-0.25, -0.2) is 0 Å². The minimum Gasteiger partial charge on any atom is -0.320 e. The molecule has 0 saturated heterocycles. The van der Waals surface area contributed by atoms with Gasteiger partial charge in [0.1, 0.15) is 5.69 Å². The summed E-state index contributed by atoms with van der Waals surface area (Å²) in [5.74, 6) is -0.944. The molecule has 3 rings (SSSR count). The van der Waals surface area contributed by atoms with Gasteiger partial charge in [0.2, 0.25) is 5.91 Å². The quantitative estimate of drug-likeness (QED) is 0.509. The Morgan fingerprint density at radius 3 is 1.96 bits per heavy atom. The summed E-state index contributed by atoms with van der Waals surface area (Å²) < 4.78 is 0. The van der Waals surface area contributed by atoms with Crippen LogP contribution in [-0.4, -0.2) is 10.8 Å². The van der Waals surface area contributed by atoms with Crippen molar-refractivity contribution in [2.24, 2.45) is 0 Å². The zero-order chi connectivity index (χ0) is 18.5. The van der Waals surface area contributed by atoms with Crippen molar-refractivity contribution in [3.8, 4) is 0 Å². The molecule has 3 aromatic rings. The Morgan fingerprint density at radius 1 is 0.923 bits per heavy atom. The number of halogens is 1. The van der Waals surface area contributed by atoms with Gasteiger partial charge in [0.15, 0.2) is 0 Å². The predicted octanol–water partition coefficient (Wildman–Crippen LogP) is 5.02. The third-order valence-electron chi connectivity index (χ3n) is 3.94. The first-order chi connectivity index (χ1) is 12.6. The highest BCUT2D eigenvalue weighted by Gasteiger charge is 2.25. The molecule has 0 bridgehead atoms. The maximum atomic E-state index is 13.0. The molecule has 0 radical (unpaired) electrons. The number of nitro benzene ring substituents is 1. The number of carbonyl (C=O) groups excluding carboxylic acids is 1. The van der Waals surface area contributed by atoms with Crippen molar-refractivity contribution in [2.75, 3.05) is 5.32 Å². The van der Waals surface area contributed by atoms with E-state index >= 15 is 0 Å². The van der Waals surface area contributed by atoms with E-state index in [1.54, 1.807) is 0 Å². The van der Waals surface area contributed by atoms with E-state index in [2.05, 4.69) is 5.32 Å². The topological polar surface area (TPSA) is 72.2 Å². The van der Waals surface area contributed by atoms with Gasteiger partial charge < -0.3 is 5.32 Å². The summed E-state index contributed by atoms with van der Waals surface area (Å²) in [5, 5.41) is 14.2. The highest BCUT2D eigenvalue weighted by atomic mass is 35.5. The zero-order valence-electron chi connectivity index (χ0n) is 13.6. The Labute approximate surface area is 155 Å². The average Bonchev–Trinajstić information content (AvgIpc) is 2.65. The van der Waals surface area contributed by atoms with Crippen LogP contribution in [-0.2, 0) is 4.79 Å². The number of anilines is 1. The lowest BCUT2D eigenvalue weighted by Gasteiger charge is -2.18. The van der Waals surface area contributed by atoms with Gasteiger partial charge in [0.05, 0.1) is 10.8 Å². The molecule has 0 spiro atoms. The molecule has 0 fully saturated rings. The molecule has 0 aromatic heterocycles. The molecule has 0 aliphatic rings. The molecule has 3 aromatic carbocycles. The summed E-state index contributed by atoms with van der Waals surface area (Å²) in [6.45, 7) is 0. The van der Waals surface area contributed by atoms with Crippen LogP contribution in [0.3, 0.4) is 0 Å². The molecule has 0 aliphatic carbocycles. The first-order valence-electron chi connectivity index (χ1n) is 7.91. The van der Waals surface area contributed by atoms with Gasteiger partial charge in [-0.15, -0.1) is 0 Å². The van der Waals surface area contributed by atoms with E-state index in [-0.39, 0.29) is 22.3 Å². The summed E-state index contributed by atoms with van der Waals surface area (Å²) in [6, 6.07) is 22.7. The van der Waals surface area contributed by atoms with Crippen molar-refractivity contribution < 1.29 is 9.72 Å². The molecule has 0 atom stereocenters. The normalized spacial score (nSPS) is 10.5. The lowest BCUT2D eigenvalue weighted by Crippen LogP contribution is -2.22. The van der Waals surface area contributed by atoms with Gasteiger partial charge in [0, 0.05) is 11.1 Å². The summed E-state index contributed by atoms with van der Waals surface area (Å²) in [4.78, 5) is 23.7. The van der Waals surface area contributed by atoms with Crippen LogP contribution in [0.5, 0.6) is 0 Å². The van der Waals surface area contributed by atoms with Crippen molar-refractivity contribution in [3.63, 3.8) is 0 Å². The number of nitro groups is 1. The Morgan fingerprint density at radius 2 is 1.46 bits per heavy atom. The molecule has 6 heteroatoms. The van der Waals surface area contributed by atoms with Crippen LogP contribution in [0.4, 0.5) is 11.4 Å². The summed E-state index contributed by atoms with van der Waals surface area (Å²) >= 11 is 5.83. The van der Waals surface area contributed by atoms with E-state index in [9.17, 15) is 14.9 Å². The highest BCUT2D eigenvalue weighted by Crippen LogP contribution is 2.31. The number of benzene rings is 3. The third kappa shape index (κ3) is 3.90. The minimum absolute atomic E-state index is 0.112. The molecule has 0 heterocycles. The first-order valence-corrected chi connectivity index (χ1v) is 8.29. The SMILES string of the molecule is O=C(Nc1ccc(Cl)cc1[N+](=O)[O-])C(c1ccccc1)c1ccccc1. The van der Waals surface area contributed by atoms with Gasteiger partial charge in [-0.2, -0.15) is 0 Å². The van der Waals surface area contributed by atoms with E-state index in [0.717, 1.165) is 11.1 Å². The number of amides is 1. The zero-order valence-corrected chi connectivity index (χ0v) is 14.4. The molecule has 5 nitrogen and oxygen atoms in total. The van der Waals surface area contributed by atoms with Gasteiger partial charge in [-0.3, -0.25) is 14.9 Å². The van der Waals surface area contributed by atoms with E-state index in [1.165, 1.54) is 18.2 Å². The van der Waals surface area contributed by atoms with Gasteiger partial charge in [-0.1, -0.05) is 72.3 Å². The number of rotatable bonds is 5. The van der Waals surface area contributed by atoms with E-state index in [4.69, 9.17) is 11.6 Å². The molecular formula is C20H15ClN2O3. The fourth-order valence-corrected chi connectivity index (χ4v) is 2.92. The molecular weight excluding hydrogens is 352 g/mol. The summed E-state index contributed by atoms with van der Waals surface area (Å²) in [5.41, 5.74) is 1.47. The van der Waals surface area contributed by atoms with E-state index < -0.39 is 10.8 Å². The number of nitrogens with zero attached hydrogens (tertiary/aromatic N) is 1. The molecule has 0 aliphatic heterocycles. The lowest BCUT2D eigenvalue weighted by molar-refractivity contribution is -0.383. The average molecular weight is 367 g/mol. The number of carbonyl (C=O) groups is 1. The predicted molar refractivity (Wildman–Crippen MR) is 101 cm³/mol. The number of nitrogens with one attached hydrogen (secondary N) is 1. The van der Waals surface area contributed by atoms with Gasteiger partial charge in [-0.05, 0) is 23.3 Å². The molecule has 0 unspecified atom stereocenters. The monoisotopic (exact) mass is 366 g/mol. The highest BCUT2D eigenvalue weighted by molar-refractivity contribution is 6.31. The van der Waals surface area contributed by atoms with Crippen molar-refractivity contribution in [1.82, 2.24) is 0 Å². The number of hydrogen-bond acceptors (Lipinski definition) is 3. The first kappa shape index (κ1) is 17.6. The fraction of sp³-hybridized carbons (Fsp3) is 0.0500. The second kappa shape index (κ2) is 7.80. The largest absolute Gasteiger partial charge is 0.320 e. The smallest absolute Gasteiger partial charge is 0.294 e. The minimum atomic E-state index is -0.590. The second-order valence-electron chi connectivity index (χ2n) is 5.66. The van der Waals surface area contributed by atoms with Crippen molar-refractivity contribution >= 4 is 28.9 Å². The van der Waals surface area contributed by atoms with Gasteiger partial charge in [0.25, 0.3) is 5.69 Å². The standard InChI is InChI=1S/C20H15ClN2O3/c21-16-11-12-17(18(13-16)23(25)26)22-20(24)19(14-7-3-1-4-8-14)15-9-5-2-6-10-15/h1-13,19H,(H,22,24). The molecule has 0 saturated carbocycles. The third-order valence-corrected chi connectivity index (χ3v) is 4.18. The lowest BCUT2D eigenvalue weighted by atomic mass is 9.90. The van der Waals surface area contributed by atoms with Crippen molar-refractivity contribution in [1.29, 1.82) is 0 Å². The molecule has 26 heavy (non-hydrogen) atoms. The maximum absolute atomic E-state index is 13.0. The Kier molecular flexibility index (Phi) is 5.29. The molecule has 1 N–H and O–H groups in total. The van der Waals surface area contributed by atoms with Crippen LogP contribution >= 0.6 is 11.6 Å². The Hall–Kier alpha value is -3.18. The van der Waals surface area contributed by atoms with Gasteiger partial charge >= 0.3 is 0 Å². The van der Waals surface area contributed by atoms with Crippen LogP contribution in [0.15, 0.2) is 78.9 Å². The number of hydrogen-bond donors (Lipinski definition) is 1. The van der Waals surface area contributed by atoms with Crippen LogP contribution in [0, 0.1) is 10.1 Å². The second-order valence-corrected chi connectivity index (χ2v) is 6.10. The van der Waals surface area contributed by atoms with Crippen molar-refractivity contribution in [3.05, 3.63) is 105 Å². The summed E-state index contributed by atoms with van der Waals surface area (Å²) in [6.07, 6.45) is 0. The fourth-order valence-electron chi connectivity index (χ4n) is 2.75. The van der Waals surface area contributed by atoms with Crippen LogP contribution in [0.25, 0.3) is 0 Å². The van der Waals surface area contributed by atoms with Crippen LogP contribution in [0.2, 0.25) is 5.02 Å². The van der Waals surface area contributed by atoms with E-state index in [0.29, 0.717) is 0 Å². The van der Waals surface area contributed by atoms with Crippen molar-refractivity contribution in [2.45, 2.75) is 5.92 Å². The van der Waals surface area contributed by atoms with E-state index in [1.807, 2.05) is 60.7 Å². The summed E-state index contributed by atoms with van der Waals surface area (Å²) in [7, 11) is 0.